The van der Waals surface area contributed by atoms with Gasteiger partial charge >= 0.3 is 6.01 Å². The summed E-state index contributed by atoms with van der Waals surface area (Å²) in [5, 5.41) is 1.20. The molecule has 1 aromatic heterocycles. The smallest absolute Gasteiger partial charge is 0.318 e. The summed E-state index contributed by atoms with van der Waals surface area (Å²) in [6, 6.07) is 5.75. The van der Waals surface area contributed by atoms with E-state index in [1.807, 2.05) is 18.2 Å². The number of aromatic nitrogens is 2. The van der Waals surface area contributed by atoms with Crippen molar-refractivity contribution in [1.29, 1.82) is 0 Å². The lowest BCUT2D eigenvalue weighted by Gasteiger charge is -2.42. The van der Waals surface area contributed by atoms with Crippen molar-refractivity contribution in [3.63, 3.8) is 0 Å². The second-order valence-electron chi connectivity index (χ2n) is 11.7. The van der Waals surface area contributed by atoms with Crippen LogP contribution in [0.4, 0.5) is 11.5 Å². The highest BCUT2D eigenvalue weighted by molar-refractivity contribution is 6.39. The van der Waals surface area contributed by atoms with E-state index in [4.69, 9.17) is 44.5 Å². The van der Waals surface area contributed by atoms with Crippen molar-refractivity contribution < 1.29 is 9.53 Å². The second kappa shape index (κ2) is 12.0. The van der Waals surface area contributed by atoms with E-state index < -0.39 is 0 Å². The Morgan fingerprint density at radius 3 is 2.63 bits per heavy atom. The van der Waals surface area contributed by atoms with E-state index in [2.05, 4.69) is 47.1 Å². The molecule has 11 heteroatoms. The molecule has 3 aliphatic rings. The number of amides is 1. The molecular weight excluding hydrogens is 561 g/mol. The summed E-state index contributed by atoms with van der Waals surface area (Å²) in [6.45, 7) is 17.1. The summed E-state index contributed by atoms with van der Waals surface area (Å²) in [4.78, 5) is 34.4. The molecule has 2 aliphatic heterocycles. The van der Waals surface area contributed by atoms with Crippen LogP contribution in [0.25, 0.3) is 4.85 Å². The van der Waals surface area contributed by atoms with Crippen LogP contribution in [0.15, 0.2) is 30.9 Å². The lowest BCUT2D eigenvalue weighted by molar-refractivity contribution is -0.128. The fourth-order valence-corrected chi connectivity index (χ4v) is 6.69. The normalized spacial score (nSPS) is 21.3. The fourth-order valence-electron chi connectivity index (χ4n) is 6.08. The summed E-state index contributed by atoms with van der Waals surface area (Å²) < 4.78 is 6.33. The van der Waals surface area contributed by atoms with Crippen LogP contribution in [-0.4, -0.2) is 91.2 Å². The molecular formula is C30H37Cl2N7O2. The molecule has 1 aliphatic carbocycles. The molecule has 1 saturated heterocycles. The van der Waals surface area contributed by atoms with Gasteiger partial charge in [0, 0.05) is 43.2 Å². The number of piperazine rings is 1. The number of nitrogens with zero attached hydrogens (tertiary/aromatic N) is 7. The zero-order valence-electron chi connectivity index (χ0n) is 23.9. The molecule has 9 nitrogen and oxygen atoms in total. The Hall–Kier alpha value is -3.06. The monoisotopic (exact) mass is 597 g/mol. The number of rotatable bonds is 9. The van der Waals surface area contributed by atoms with Gasteiger partial charge in [0.05, 0.1) is 34.6 Å². The van der Waals surface area contributed by atoms with Gasteiger partial charge in [-0.3, -0.25) is 4.79 Å². The number of fused-ring (bicyclic) bond motifs is 1. The second-order valence-corrected chi connectivity index (χ2v) is 12.5. The molecule has 218 valence electrons. The fraction of sp³-hybridized carbons (Fsp3) is 0.533. The third-order valence-electron chi connectivity index (χ3n) is 8.29. The number of para-hydroxylation sites is 1. The van der Waals surface area contributed by atoms with Crippen molar-refractivity contribution in [2.45, 2.75) is 44.8 Å². The molecule has 0 bridgehead atoms. The summed E-state index contributed by atoms with van der Waals surface area (Å²) in [7, 11) is 4.17. The van der Waals surface area contributed by atoms with Gasteiger partial charge < -0.3 is 29.2 Å². The number of hydrogen-bond donors (Lipinski definition) is 0. The molecule has 0 N–H and O–H groups in total. The van der Waals surface area contributed by atoms with Gasteiger partial charge in [-0.1, -0.05) is 35.8 Å². The standard InChI is InChI=1S/C30H37Cl2N7O2/c1-6-26(40)38-13-12-37(16-21(38)15-33-3)28-22-14-20(2)39(27-23(31)8-7-9-24(27)32)17-25(22)34-29(35-28)41-19-30(10-11-30)18-36(4)5/h6-9,20-21H,1,10-19H2,2,4-5H3/t20-,21-/m0/s1. The maximum Gasteiger partial charge on any atom is 0.318 e. The zero-order valence-corrected chi connectivity index (χ0v) is 25.5. The molecule has 1 aromatic carbocycles. The maximum absolute atomic E-state index is 12.5. The zero-order chi connectivity index (χ0) is 29.3. The first kappa shape index (κ1) is 29.4. The van der Waals surface area contributed by atoms with Gasteiger partial charge in [0.25, 0.3) is 0 Å². The van der Waals surface area contributed by atoms with E-state index in [1.54, 1.807) is 4.90 Å². The molecule has 2 fully saturated rings. The van der Waals surface area contributed by atoms with Crippen LogP contribution in [0.2, 0.25) is 10.0 Å². The molecule has 0 unspecified atom stereocenters. The Labute approximate surface area is 252 Å². The molecule has 3 heterocycles. The van der Waals surface area contributed by atoms with E-state index in [0.29, 0.717) is 55.3 Å². The van der Waals surface area contributed by atoms with E-state index in [9.17, 15) is 4.79 Å². The first-order chi connectivity index (χ1) is 19.6. The van der Waals surface area contributed by atoms with E-state index in [-0.39, 0.29) is 30.0 Å². The molecule has 41 heavy (non-hydrogen) atoms. The summed E-state index contributed by atoms with van der Waals surface area (Å²) in [5.41, 5.74) is 2.87. The SMILES string of the molecule is [C-]#[N+]C[C@H]1CN(c2nc(OCC3(CN(C)C)CC3)nc3c2C[C@H](C)N(c2c(Cl)cccc2Cl)C3)CCN1C(=O)C=C. The van der Waals surface area contributed by atoms with E-state index >= 15 is 0 Å². The average molecular weight is 599 g/mol. The molecule has 1 amide bonds. The Kier molecular flexibility index (Phi) is 8.65. The van der Waals surface area contributed by atoms with Crippen molar-refractivity contribution in [1.82, 2.24) is 19.8 Å². The minimum Gasteiger partial charge on any atom is -0.463 e. The first-order valence-electron chi connectivity index (χ1n) is 14.0. The molecule has 2 atom stereocenters. The average Bonchev–Trinajstić information content (AvgIpc) is 3.70. The first-order valence-corrected chi connectivity index (χ1v) is 14.8. The molecule has 5 rings (SSSR count). The number of benzene rings is 1. The molecule has 1 saturated carbocycles. The van der Waals surface area contributed by atoms with E-state index in [0.717, 1.165) is 42.1 Å². The largest absolute Gasteiger partial charge is 0.463 e. The van der Waals surface area contributed by atoms with Crippen molar-refractivity contribution >= 4 is 40.6 Å². The summed E-state index contributed by atoms with van der Waals surface area (Å²) in [5.74, 6) is 0.670. The lowest BCUT2D eigenvalue weighted by Crippen LogP contribution is -2.56. The number of anilines is 2. The molecule has 2 aromatic rings. The minimum absolute atomic E-state index is 0.0894. The number of carbonyl (C=O) groups excluding carboxylic acids is 1. The Balaban J connectivity index is 1.50. The van der Waals surface area contributed by atoms with Gasteiger partial charge in [-0.2, -0.15) is 9.97 Å². The Morgan fingerprint density at radius 1 is 1.27 bits per heavy atom. The predicted octanol–water partition coefficient (Wildman–Crippen LogP) is 4.58. The van der Waals surface area contributed by atoms with Gasteiger partial charge in [0.2, 0.25) is 12.5 Å². The van der Waals surface area contributed by atoms with Crippen LogP contribution in [0.1, 0.15) is 31.0 Å². The van der Waals surface area contributed by atoms with Gasteiger partial charge in [-0.25, -0.2) is 6.57 Å². The predicted molar refractivity (Wildman–Crippen MR) is 163 cm³/mol. The third kappa shape index (κ3) is 6.25. The van der Waals surface area contributed by atoms with Crippen molar-refractivity contribution in [3.8, 4) is 6.01 Å². The summed E-state index contributed by atoms with van der Waals surface area (Å²) in [6.07, 6.45) is 4.26. The highest BCUT2D eigenvalue weighted by atomic mass is 35.5. The van der Waals surface area contributed by atoms with Gasteiger partial charge in [-0.15, -0.1) is 0 Å². The summed E-state index contributed by atoms with van der Waals surface area (Å²) >= 11 is 13.3. The molecule has 0 radical (unpaired) electrons. The highest BCUT2D eigenvalue weighted by Gasteiger charge is 2.44. The lowest BCUT2D eigenvalue weighted by atomic mass is 9.97. The number of ether oxygens (including phenoxy) is 1. The van der Waals surface area contributed by atoms with Crippen molar-refractivity contribution in [2.75, 3.05) is 63.2 Å². The number of carbonyl (C=O) groups is 1. The van der Waals surface area contributed by atoms with Crippen LogP contribution in [0.3, 0.4) is 0 Å². The van der Waals surface area contributed by atoms with Crippen LogP contribution in [-0.2, 0) is 17.8 Å². The number of halogens is 2. The van der Waals surface area contributed by atoms with Gasteiger partial charge in [0.15, 0.2) is 0 Å². The van der Waals surface area contributed by atoms with Gasteiger partial charge in [0.1, 0.15) is 11.9 Å². The van der Waals surface area contributed by atoms with Crippen LogP contribution in [0.5, 0.6) is 6.01 Å². The van der Waals surface area contributed by atoms with Crippen LogP contribution in [0, 0.1) is 12.0 Å². The highest BCUT2D eigenvalue weighted by Crippen LogP contribution is 2.46. The Morgan fingerprint density at radius 2 is 2.00 bits per heavy atom. The van der Waals surface area contributed by atoms with Crippen molar-refractivity contribution in [2.24, 2.45) is 5.41 Å². The topological polar surface area (TPSA) is 69.4 Å². The molecule has 0 spiro atoms. The third-order valence-corrected chi connectivity index (χ3v) is 8.90. The van der Waals surface area contributed by atoms with Crippen LogP contribution >= 0.6 is 23.2 Å². The Bertz CT molecular complexity index is 1340. The van der Waals surface area contributed by atoms with Crippen LogP contribution < -0.4 is 14.5 Å². The quantitative estimate of drug-likeness (QED) is 0.309. The maximum atomic E-state index is 12.5. The minimum atomic E-state index is -0.254. The van der Waals surface area contributed by atoms with Crippen molar-refractivity contribution in [3.05, 3.63) is 63.6 Å². The van der Waals surface area contributed by atoms with E-state index in [1.165, 1.54) is 6.08 Å². The van der Waals surface area contributed by atoms with Gasteiger partial charge in [-0.05, 0) is 58.5 Å². The number of hydrogen-bond acceptors (Lipinski definition) is 7.